The van der Waals surface area contributed by atoms with Gasteiger partial charge in [-0.2, -0.15) is 5.26 Å². The number of aromatic nitrogens is 2. The molecule has 1 aromatic heterocycles. The molecular weight excluding hydrogens is 244 g/mol. The van der Waals surface area contributed by atoms with Crippen molar-refractivity contribution >= 4 is 11.6 Å². The summed E-state index contributed by atoms with van der Waals surface area (Å²) in [4.78, 5) is 10.3. The molecule has 3 N–H and O–H groups in total. The molecule has 7 nitrogen and oxygen atoms in total. The molecular formula is C12H20N6O. The Hall–Kier alpha value is -2.07. The van der Waals surface area contributed by atoms with E-state index >= 15 is 0 Å². The van der Waals surface area contributed by atoms with Gasteiger partial charge in [0.25, 0.3) is 0 Å². The Morgan fingerprint density at radius 3 is 2.79 bits per heavy atom. The van der Waals surface area contributed by atoms with Crippen LogP contribution in [0.3, 0.4) is 0 Å². The fourth-order valence-corrected chi connectivity index (χ4v) is 1.79. The van der Waals surface area contributed by atoms with Gasteiger partial charge in [0.2, 0.25) is 5.75 Å². The minimum atomic E-state index is 0.422. The first-order valence-corrected chi connectivity index (χ1v) is 6.11. The van der Waals surface area contributed by atoms with Crippen LogP contribution in [-0.4, -0.2) is 30.2 Å². The number of nitrogens with zero attached hydrogens (tertiary/aromatic N) is 4. The predicted molar refractivity (Wildman–Crippen MR) is 73.7 cm³/mol. The number of methoxy groups -OCH3 is 1. The first-order chi connectivity index (χ1) is 9.13. The van der Waals surface area contributed by atoms with Crippen LogP contribution >= 0.6 is 0 Å². The van der Waals surface area contributed by atoms with Crippen LogP contribution in [0.1, 0.15) is 20.3 Å². The summed E-state index contributed by atoms with van der Waals surface area (Å²) >= 11 is 0. The number of hydrogen-bond acceptors (Lipinski definition) is 7. The highest BCUT2D eigenvalue weighted by atomic mass is 16.5. The van der Waals surface area contributed by atoms with Gasteiger partial charge in [-0.1, -0.05) is 13.8 Å². The van der Waals surface area contributed by atoms with Gasteiger partial charge in [-0.15, -0.1) is 0 Å². The van der Waals surface area contributed by atoms with Crippen molar-refractivity contribution in [1.29, 1.82) is 5.26 Å². The van der Waals surface area contributed by atoms with E-state index in [1.54, 1.807) is 7.11 Å². The molecule has 0 saturated heterocycles. The number of nitrogen functional groups attached to an aromatic ring is 1. The molecule has 1 rings (SSSR count). The van der Waals surface area contributed by atoms with Crippen LogP contribution in [0.25, 0.3) is 0 Å². The van der Waals surface area contributed by atoms with E-state index < -0.39 is 0 Å². The largest absolute Gasteiger partial charge is 0.490 e. The lowest BCUT2D eigenvalue weighted by Crippen LogP contribution is -2.30. The van der Waals surface area contributed by atoms with Crippen molar-refractivity contribution in [1.82, 2.24) is 9.97 Å². The third kappa shape index (κ3) is 3.96. The maximum Gasteiger partial charge on any atom is 0.205 e. The highest BCUT2D eigenvalue weighted by Crippen LogP contribution is 2.31. The number of hydrazine groups is 1. The standard InChI is InChI=1S/C12H20N6O/c1-9(2)7-18(6-4-5-13)12-10(19-3)11(17-14)15-8-16-12/h8-9H,4,6-7,14H2,1-3H3,(H,15,16,17). The summed E-state index contributed by atoms with van der Waals surface area (Å²) in [6.45, 7) is 5.58. The molecule has 0 bridgehead atoms. The summed E-state index contributed by atoms with van der Waals surface area (Å²) in [6, 6.07) is 2.14. The maximum absolute atomic E-state index is 8.75. The van der Waals surface area contributed by atoms with Gasteiger partial charge >= 0.3 is 0 Å². The minimum absolute atomic E-state index is 0.422. The molecule has 104 valence electrons. The topological polar surface area (TPSA) is 100 Å². The second kappa shape index (κ2) is 7.38. The molecule has 1 heterocycles. The zero-order chi connectivity index (χ0) is 14.3. The van der Waals surface area contributed by atoms with Gasteiger partial charge in [0.15, 0.2) is 11.6 Å². The highest BCUT2D eigenvalue weighted by Gasteiger charge is 2.18. The van der Waals surface area contributed by atoms with Crippen LogP contribution in [0.2, 0.25) is 0 Å². The summed E-state index contributed by atoms with van der Waals surface area (Å²) in [7, 11) is 1.54. The van der Waals surface area contributed by atoms with E-state index in [2.05, 4.69) is 35.3 Å². The van der Waals surface area contributed by atoms with Gasteiger partial charge in [0.05, 0.1) is 19.6 Å². The average Bonchev–Trinajstić information content (AvgIpc) is 2.41. The van der Waals surface area contributed by atoms with Crippen molar-refractivity contribution in [3.05, 3.63) is 6.33 Å². The molecule has 0 fully saturated rings. The zero-order valence-electron chi connectivity index (χ0n) is 11.6. The molecule has 0 unspecified atom stereocenters. The number of hydrogen-bond donors (Lipinski definition) is 2. The fraction of sp³-hybridized carbons (Fsp3) is 0.583. The molecule has 0 atom stereocenters. The molecule has 7 heteroatoms. The fourth-order valence-electron chi connectivity index (χ4n) is 1.79. The molecule has 0 aliphatic heterocycles. The number of nitriles is 1. The first kappa shape index (κ1) is 15.0. The zero-order valence-corrected chi connectivity index (χ0v) is 11.6. The van der Waals surface area contributed by atoms with Crippen molar-refractivity contribution in [3.8, 4) is 11.8 Å². The number of anilines is 2. The Kier molecular flexibility index (Phi) is 5.82. The lowest BCUT2D eigenvalue weighted by molar-refractivity contribution is 0.411. The SMILES string of the molecule is COc1c(NN)ncnc1N(CCC#N)CC(C)C. The molecule has 0 amide bonds. The predicted octanol–water partition coefficient (Wildman–Crippen LogP) is 1.15. The van der Waals surface area contributed by atoms with Gasteiger partial charge in [0.1, 0.15) is 6.33 Å². The van der Waals surface area contributed by atoms with E-state index in [4.69, 9.17) is 15.8 Å². The van der Waals surface area contributed by atoms with Crippen molar-refractivity contribution in [2.75, 3.05) is 30.5 Å². The molecule has 0 saturated carbocycles. The van der Waals surface area contributed by atoms with Crippen molar-refractivity contribution in [2.45, 2.75) is 20.3 Å². The Labute approximate surface area is 113 Å². The van der Waals surface area contributed by atoms with Crippen LogP contribution in [-0.2, 0) is 0 Å². The van der Waals surface area contributed by atoms with E-state index in [0.29, 0.717) is 36.3 Å². The number of nitrogens with two attached hydrogens (primary N) is 1. The van der Waals surface area contributed by atoms with Crippen LogP contribution in [0.4, 0.5) is 11.6 Å². The van der Waals surface area contributed by atoms with Crippen molar-refractivity contribution in [3.63, 3.8) is 0 Å². The second-order valence-electron chi connectivity index (χ2n) is 4.47. The molecule has 19 heavy (non-hydrogen) atoms. The third-order valence-corrected chi connectivity index (χ3v) is 2.50. The summed E-state index contributed by atoms with van der Waals surface area (Å²) in [5.41, 5.74) is 2.48. The van der Waals surface area contributed by atoms with Crippen LogP contribution in [0, 0.1) is 17.2 Å². The monoisotopic (exact) mass is 264 g/mol. The number of ether oxygens (including phenoxy) is 1. The molecule has 0 aliphatic carbocycles. The van der Waals surface area contributed by atoms with E-state index in [1.807, 2.05) is 4.90 Å². The molecule has 1 aromatic rings. The van der Waals surface area contributed by atoms with E-state index in [1.165, 1.54) is 6.33 Å². The maximum atomic E-state index is 8.75. The van der Waals surface area contributed by atoms with E-state index in [0.717, 1.165) is 6.54 Å². The second-order valence-corrected chi connectivity index (χ2v) is 4.47. The Bertz CT molecular complexity index is 442. The van der Waals surface area contributed by atoms with Crippen molar-refractivity contribution < 1.29 is 4.74 Å². The van der Waals surface area contributed by atoms with Crippen LogP contribution in [0.5, 0.6) is 5.75 Å². The molecule has 0 spiro atoms. The minimum Gasteiger partial charge on any atom is -0.490 e. The lowest BCUT2D eigenvalue weighted by atomic mass is 10.2. The molecule has 0 aromatic carbocycles. The van der Waals surface area contributed by atoms with Gasteiger partial charge in [-0.05, 0) is 5.92 Å². The number of rotatable bonds is 7. The Morgan fingerprint density at radius 1 is 1.53 bits per heavy atom. The third-order valence-electron chi connectivity index (χ3n) is 2.50. The van der Waals surface area contributed by atoms with Crippen molar-refractivity contribution in [2.24, 2.45) is 11.8 Å². The highest BCUT2D eigenvalue weighted by molar-refractivity contribution is 5.64. The van der Waals surface area contributed by atoms with Gasteiger partial charge in [-0.25, -0.2) is 15.8 Å². The van der Waals surface area contributed by atoms with E-state index in [-0.39, 0.29) is 0 Å². The molecule has 0 radical (unpaired) electrons. The summed E-state index contributed by atoms with van der Waals surface area (Å²) in [5.74, 6) is 7.41. The molecule has 0 aliphatic rings. The average molecular weight is 264 g/mol. The summed E-state index contributed by atoms with van der Waals surface area (Å²) in [5, 5.41) is 8.75. The van der Waals surface area contributed by atoms with E-state index in [9.17, 15) is 0 Å². The van der Waals surface area contributed by atoms with Crippen LogP contribution < -0.4 is 20.9 Å². The van der Waals surface area contributed by atoms with Gasteiger partial charge in [0, 0.05) is 13.1 Å². The summed E-state index contributed by atoms with van der Waals surface area (Å²) in [6.07, 6.45) is 1.85. The van der Waals surface area contributed by atoms with Gasteiger partial charge in [-0.3, -0.25) is 0 Å². The van der Waals surface area contributed by atoms with Gasteiger partial charge < -0.3 is 15.1 Å². The normalized spacial score (nSPS) is 10.1. The quantitative estimate of drug-likeness (QED) is 0.562. The first-order valence-electron chi connectivity index (χ1n) is 6.11. The Balaban J connectivity index is 3.09. The van der Waals surface area contributed by atoms with Crippen LogP contribution in [0.15, 0.2) is 6.33 Å². The summed E-state index contributed by atoms with van der Waals surface area (Å²) < 4.78 is 5.32. The smallest absolute Gasteiger partial charge is 0.205 e. The number of nitrogens with one attached hydrogen (secondary N) is 1. The Morgan fingerprint density at radius 2 is 2.26 bits per heavy atom. The lowest BCUT2D eigenvalue weighted by Gasteiger charge is -2.26.